The maximum atomic E-state index is 11.5. The monoisotopic (exact) mass is 458 g/mol. The summed E-state index contributed by atoms with van der Waals surface area (Å²) in [6.07, 6.45) is 12.9. The van der Waals surface area contributed by atoms with Gasteiger partial charge in [0.2, 0.25) is 0 Å². The molecule has 2 heterocycles. The lowest BCUT2D eigenvalue weighted by molar-refractivity contribution is -0.273. The van der Waals surface area contributed by atoms with Gasteiger partial charge in [0.05, 0.1) is 12.7 Å². The molecule has 4 aliphatic carbocycles. The second-order valence-corrected chi connectivity index (χ2v) is 13.7. The summed E-state index contributed by atoms with van der Waals surface area (Å²) in [5, 5.41) is 0. The number of fused-ring (bicyclic) bond motifs is 7. The summed E-state index contributed by atoms with van der Waals surface area (Å²) in [6.45, 7) is 12.4. The van der Waals surface area contributed by atoms with E-state index in [4.69, 9.17) is 14.2 Å². The third kappa shape index (κ3) is 3.25. The molecule has 33 heavy (non-hydrogen) atoms. The minimum absolute atomic E-state index is 0.105. The summed E-state index contributed by atoms with van der Waals surface area (Å²) in [5.74, 6) is 4.63. The maximum Gasteiger partial charge on any atom is 0.302 e. The van der Waals surface area contributed by atoms with E-state index in [-0.39, 0.29) is 17.9 Å². The summed E-state index contributed by atoms with van der Waals surface area (Å²) >= 11 is 0. The lowest BCUT2D eigenvalue weighted by atomic mass is 9.44. The quantitative estimate of drug-likeness (QED) is 0.429. The molecule has 4 saturated carbocycles. The van der Waals surface area contributed by atoms with Crippen LogP contribution in [-0.2, 0) is 19.0 Å². The Hall–Kier alpha value is -0.610. The highest BCUT2D eigenvalue weighted by atomic mass is 16.7. The molecule has 0 aromatic rings. The maximum absolute atomic E-state index is 11.5. The van der Waals surface area contributed by atoms with Crippen molar-refractivity contribution in [3.8, 4) is 0 Å². The van der Waals surface area contributed by atoms with E-state index in [0.717, 1.165) is 49.5 Å². The first kappa shape index (κ1) is 22.8. The standard InChI is InChI=1S/C29H46O4/c1-17-8-13-29(31-16-17)18(2)26-25(33-29)15-24-22-7-6-20-14-21(32-19(3)30)9-11-27(20,4)23(22)10-12-28(24,26)5/h17-18,20-26H,6-16H2,1-5H3/t17?,18?,20?,21?,22?,23?,24?,25?,26?,27?,28?,29-/m0/s1. The molecule has 0 aromatic carbocycles. The van der Waals surface area contributed by atoms with Crippen molar-refractivity contribution < 1.29 is 19.0 Å². The van der Waals surface area contributed by atoms with Crippen molar-refractivity contribution in [3.05, 3.63) is 0 Å². The molecular weight excluding hydrogens is 412 g/mol. The van der Waals surface area contributed by atoms with Crippen molar-refractivity contribution in [2.75, 3.05) is 6.61 Å². The van der Waals surface area contributed by atoms with Gasteiger partial charge in [0.15, 0.2) is 5.79 Å². The van der Waals surface area contributed by atoms with Gasteiger partial charge < -0.3 is 14.2 Å². The number of hydrogen-bond acceptors (Lipinski definition) is 4. The Morgan fingerprint density at radius 2 is 1.70 bits per heavy atom. The molecule has 6 rings (SSSR count). The highest BCUT2D eigenvalue weighted by Crippen LogP contribution is 2.71. The van der Waals surface area contributed by atoms with E-state index < -0.39 is 0 Å². The van der Waals surface area contributed by atoms with Gasteiger partial charge >= 0.3 is 5.97 Å². The Bertz CT molecular complexity index is 786. The van der Waals surface area contributed by atoms with Gasteiger partial charge in [-0.1, -0.05) is 27.7 Å². The van der Waals surface area contributed by atoms with Gasteiger partial charge in [0, 0.05) is 19.3 Å². The molecule has 6 aliphatic rings. The van der Waals surface area contributed by atoms with Crippen LogP contribution in [0, 0.1) is 52.3 Å². The van der Waals surface area contributed by atoms with E-state index in [1.54, 1.807) is 6.92 Å². The highest BCUT2D eigenvalue weighted by Gasteiger charge is 2.69. The third-order valence-electron chi connectivity index (χ3n) is 12.2. The van der Waals surface area contributed by atoms with Crippen LogP contribution in [-0.4, -0.2) is 30.6 Å². The van der Waals surface area contributed by atoms with E-state index in [1.165, 1.54) is 44.9 Å². The summed E-state index contributed by atoms with van der Waals surface area (Å²) in [4.78, 5) is 11.5. The molecule has 4 nitrogen and oxygen atoms in total. The minimum atomic E-state index is -0.300. The van der Waals surface area contributed by atoms with Crippen LogP contribution in [0.15, 0.2) is 0 Å². The largest absolute Gasteiger partial charge is 0.463 e. The van der Waals surface area contributed by atoms with Crippen molar-refractivity contribution in [1.29, 1.82) is 0 Å². The lowest BCUT2D eigenvalue weighted by Crippen LogP contribution is -2.55. The van der Waals surface area contributed by atoms with E-state index >= 15 is 0 Å². The lowest BCUT2D eigenvalue weighted by Gasteiger charge is -2.61. The van der Waals surface area contributed by atoms with Crippen molar-refractivity contribution in [2.24, 2.45) is 52.3 Å². The molecule has 0 radical (unpaired) electrons. The molecule has 0 aromatic heterocycles. The first-order chi connectivity index (χ1) is 15.7. The van der Waals surface area contributed by atoms with Gasteiger partial charge in [0.1, 0.15) is 6.10 Å². The number of carbonyl (C=O) groups excluding carboxylic acids is 1. The van der Waals surface area contributed by atoms with Crippen LogP contribution in [0.25, 0.3) is 0 Å². The Labute approximate surface area is 200 Å². The predicted molar refractivity (Wildman–Crippen MR) is 127 cm³/mol. The normalized spacial score (nSPS) is 57.7. The SMILES string of the molecule is CC(=O)OC1CCC2(C)C(CCC3C2CCC2(C)C3CC3O[C@@]4(CCC(C)CO4)C(C)C32)C1. The van der Waals surface area contributed by atoms with Crippen molar-refractivity contribution in [1.82, 2.24) is 0 Å². The molecule has 4 heteroatoms. The summed E-state index contributed by atoms with van der Waals surface area (Å²) < 4.78 is 19.1. The average Bonchev–Trinajstić information content (AvgIpc) is 3.21. The summed E-state index contributed by atoms with van der Waals surface area (Å²) in [7, 11) is 0. The Morgan fingerprint density at radius 1 is 0.909 bits per heavy atom. The van der Waals surface area contributed by atoms with Crippen LogP contribution in [0.4, 0.5) is 0 Å². The third-order valence-corrected chi connectivity index (χ3v) is 12.2. The molecule has 0 N–H and O–H groups in total. The number of ether oxygens (including phenoxy) is 3. The molecule has 2 aliphatic heterocycles. The van der Waals surface area contributed by atoms with Crippen molar-refractivity contribution >= 4 is 5.97 Å². The molecule has 6 fully saturated rings. The van der Waals surface area contributed by atoms with Gasteiger partial charge in [-0.15, -0.1) is 0 Å². The number of carbonyl (C=O) groups is 1. The molecule has 0 bridgehead atoms. The summed E-state index contributed by atoms with van der Waals surface area (Å²) in [6, 6.07) is 0. The fourth-order valence-corrected chi connectivity index (χ4v) is 10.6. The molecule has 12 atom stereocenters. The zero-order chi connectivity index (χ0) is 23.2. The van der Waals surface area contributed by atoms with Gasteiger partial charge in [-0.3, -0.25) is 4.79 Å². The van der Waals surface area contributed by atoms with Crippen LogP contribution in [0.5, 0.6) is 0 Å². The first-order valence-corrected chi connectivity index (χ1v) is 14.2. The fourth-order valence-electron chi connectivity index (χ4n) is 10.6. The van der Waals surface area contributed by atoms with Crippen LogP contribution in [0.3, 0.4) is 0 Å². The van der Waals surface area contributed by atoms with Gasteiger partial charge in [-0.2, -0.15) is 0 Å². The zero-order valence-electron chi connectivity index (χ0n) is 21.6. The van der Waals surface area contributed by atoms with Crippen LogP contribution >= 0.6 is 0 Å². The van der Waals surface area contributed by atoms with Crippen molar-refractivity contribution in [2.45, 2.75) is 117 Å². The molecular formula is C29H46O4. The van der Waals surface area contributed by atoms with Crippen LogP contribution < -0.4 is 0 Å². The smallest absolute Gasteiger partial charge is 0.302 e. The Balaban J connectivity index is 1.21. The molecule has 0 amide bonds. The fraction of sp³-hybridized carbons (Fsp3) is 0.966. The zero-order valence-corrected chi connectivity index (χ0v) is 21.6. The van der Waals surface area contributed by atoms with Crippen LogP contribution in [0.1, 0.15) is 98.8 Å². The van der Waals surface area contributed by atoms with E-state index in [9.17, 15) is 4.79 Å². The molecule has 2 saturated heterocycles. The molecule has 186 valence electrons. The second kappa shape index (κ2) is 7.69. The van der Waals surface area contributed by atoms with Gasteiger partial charge in [-0.25, -0.2) is 0 Å². The molecule has 11 unspecified atom stereocenters. The van der Waals surface area contributed by atoms with Gasteiger partial charge in [-0.05, 0) is 104 Å². The van der Waals surface area contributed by atoms with Crippen LogP contribution in [0.2, 0.25) is 0 Å². The average molecular weight is 459 g/mol. The Kier molecular flexibility index (Phi) is 5.32. The first-order valence-electron chi connectivity index (χ1n) is 14.2. The number of hydrogen-bond donors (Lipinski definition) is 0. The minimum Gasteiger partial charge on any atom is -0.463 e. The Morgan fingerprint density at radius 3 is 2.42 bits per heavy atom. The number of esters is 1. The van der Waals surface area contributed by atoms with Crippen molar-refractivity contribution in [3.63, 3.8) is 0 Å². The second-order valence-electron chi connectivity index (χ2n) is 13.7. The highest BCUT2D eigenvalue weighted by molar-refractivity contribution is 5.66. The van der Waals surface area contributed by atoms with E-state index in [0.29, 0.717) is 34.7 Å². The van der Waals surface area contributed by atoms with Gasteiger partial charge in [0.25, 0.3) is 0 Å². The van der Waals surface area contributed by atoms with E-state index in [1.807, 2.05) is 0 Å². The van der Waals surface area contributed by atoms with E-state index in [2.05, 4.69) is 27.7 Å². The molecule has 1 spiro atoms. The topological polar surface area (TPSA) is 44.8 Å². The predicted octanol–water partition coefficient (Wildman–Crippen LogP) is 6.36. The summed E-state index contributed by atoms with van der Waals surface area (Å²) in [5.41, 5.74) is 0.828. The number of rotatable bonds is 1.